The van der Waals surface area contributed by atoms with Crippen molar-refractivity contribution in [3.05, 3.63) is 48.1 Å². The molecule has 1 atom stereocenters. The molecule has 1 amide bonds. The summed E-state index contributed by atoms with van der Waals surface area (Å²) in [5.41, 5.74) is 1.42. The van der Waals surface area contributed by atoms with Gasteiger partial charge in [0.05, 0.1) is 23.8 Å². The minimum atomic E-state index is -0.504. The maximum absolute atomic E-state index is 14.2. The Balaban J connectivity index is 1.43. The maximum Gasteiger partial charge on any atom is 0.275 e. The lowest BCUT2D eigenvalue weighted by Crippen LogP contribution is -2.37. The molecule has 8 nitrogen and oxygen atoms in total. The molecule has 152 valence electrons. The monoisotopic (exact) mass is 397 g/mol. The summed E-state index contributed by atoms with van der Waals surface area (Å²) >= 11 is 0. The van der Waals surface area contributed by atoms with Gasteiger partial charge in [-0.15, -0.1) is 0 Å². The number of imidazole rings is 1. The van der Waals surface area contributed by atoms with Gasteiger partial charge in [-0.05, 0) is 13.3 Å². The highest BCUT2D eigenvalue weighted by atomic mass is 19.1. The number of pyridine rings is 1. The number of nitrogens with zero attached hydrogens (tertiary/aromatic N) is 5. The minimum Gasteiger partial charge on any atom is -0.354 e. The largest absolute Gasteiger partial charge is 0.354 e. The third-order valence-corrected chi connectivity index (χ3v) is 4.84. The minimum absolute atomic E-state index is 0.173. The number of halogens is 1. The van der Waals surface area contributed by atoms with E-state index in [0.29, 0.717) is 23.5 Å². The Morgan fingerprint density at radius 1 is 1.28 bits per heavy atom. The number of rotatable bonds is 5. The van der Waals surface area contributed by atoms with Crippen LogP contribution >= 0.6 is 0 Å². The zero-order valence-corrected chi connectivity index (χ0v) is 16.7. The normalized spacial score (nSPS) is 16.7. The van der Waals surface area contributed by atoms with Gasteiger partial charge in [-0.3, -0.25) is 4.79 Å². The Bertz CT molecular complexity index is 1030. The second kappa shape index (κ2) is 7.75. The van der Waals surface area contributed by atoms with Gasteiger partial charge in [-0.2, -0.15) is 0 Å². The van der Waals surface area contributed by atoms with E-state index in [1.54, 1.807) is 29.9 Å². The first-order chi connectivity index (χ1) is 13.9. The Labute approximate surface area is 168 Å². The molecule has 3 aromatic rings. The van der Waals surface area contributed by atoms with E-state index >= 15 is 0 Å². The average molecular weight is 397 g/mol. The summed E-state index contributed by atoms with van der Waals surface area (Å²) in [4.78, 5) is 27.4. The van der Waals surface area contributed by atoms with E-state index in [1.807, 2.05) is 0 Å². The van der Waals surface area contributed by atoms with Gasteiger partial charge in [-0.1, -0.05) is 13.8 Å². The average Bonchev–Trinajstić information content (AvgIpc) is 3.27. The fourth-order valence-electron chi connectivity index (χ4n) is 3.62. The molecular formula is C20H24FN7O. The van der Waals surface area contributed by atoms with Crippen LogP contribution in [0.1, 0.15) is 36.5 Å². The topological polar surface area (TPSA) is 87.5 Å². The van der Waals surface area contributed by atoms with Gasteiger partial charge in [0, 0.05) is 43.6 Å². The van der Waals surface area contributed by atoms with Crippen molar-refractivity contribution in [1.82, 2.24) is 24.7 Å². The second-order valence-electron chi connectivity index (χ2n) is 7.66. The quantitative estimate of drug-likeness (QED) is 0.688. The van der Waals surface area contributed by atoms with Crippen molar-refractivity contribution in [2.24, 2.45) is 0 Å². The maximum atomic E-state index is 14.2. The molecule has 1 saturated heterocycles. The number of carbonyl (C=O) groups is 1. The van der Waals surface area contributed by atoms with Crippen molar-refractivity contribution in [1.29, 1.82) is 0 Å². The fraction of sp³-hybridized carbons (Fsp3) is 0.400. The predicted molar refractivity (Wildman–Crippen MR) is 109 cm³/mol. The Morgan fingerprint density at radius 2 is 2.10 bits per heavy atom. The van der Waals surface area contributed by atoms with E-state index in [4.69, 9.17) is 0 Å². The molecule has 1 aliphatic heterocycles. The van der Waals surface area contributed by atoms with Gasteiger partial charge in [0.2, 0.25) is 0 Å². The van der Waals surface area contributed by atoms with E-state index in [1.165, 1.54) is 12.3 Å². The van der Waals surface area contributed by atoms with E-state index in [2.05, 4.69) is 44.3 Å². The molecule has 9 heteroatoms. The number of carbonyl (C=O) groups excluding carboxylic acids is 1. The van der Waals surface area contributed by atoms with Crippen molar-refractivity contribution in [3.63, 3.8) is 0 Å². The highest BCUT2D eigenvalue weighted by molar-refractivity contribution is 6.02. The van der Waals surface area contributed by atoms with Crippen LogP contribution in [0, 0.1) is 12.7 Å². The van der Waals surface area contributed by atoms with E-state index in [9.17, 15) is 9.18 Å². The number of nitrogens with one attached hydrogen (secondary N) is 2. The van der Waals surface area contributed by atoms with Gasteiger partial charge < -0.3 is 19.9 Å². The smallest absolute Gasteiger partial charge is 0.275 e. The number of fused-ring (bicyclic) bond motifs is 1. The molecule has 0 radical (unpaired) electrons. The van der Waals surface area contributed by atoms with Gasteiger partial charge in [-0.25, -0.2) is 19.3 Å². The van der Waals surface area contributed by atoms with Crippen LogP contribution in [-0.4, -0.2) is 50.4 Å². The van der Waals surface area contributed by atoms with Gasteiger partial charge in [0.25, 0.3) is 5.91 Å². The highest BCUT2D eigenvalue weighted by Gasteiger charge is 2.24. The van der Waals surface area contributed by atoms with Crippen LogP contribution in [0.25, 0.3) is 5.65 Å². The molecule has 1 aliphatic rings. The number of aryl methyl sites for hydroxylation is 1. The Morgan fingerprint density at radius 3 is 2.83 bits per heavy atom. The second-order valence-corrected chi connectivity index (χ2v) is 7.66. The summed E-state index contributed by atoms with van der Waals surface area (Å²) in [6.45, 7) is 7.81. The molecule has 4 rings (SSSR count). The highest BCUT2D eigenvalue weighted by Crippen LogP contribution is 2.19. The molecule has 0 unspecified atom stereocenters. The lowest BCUT2D eigenvalue weighted by atomic mass is 10.2. The van der Waals surface area contributed by atoms with Crippen LogP contribution in [0.2, 0.25) is 0 Å². The number of aromatic nitrogens is 4. The zero-order valence-electron chi connectivity index (χ0n) is 16.7. The Kier molecular flexibility index (Phi) is 5.14. The summed E-state index contributed by atoms with van der Waals surface area (Å²) in [5, 5.41) is 6.19. The fourth-order valence-corrected chi connectivity index (χ4v) is 3.62. The van der Waals surface area contributed by atoms with Crippen molar-refractivity contribution >= 4 is 23.1 Å². The summed E-state index contributed by atoms with van der Waals surface area (Å²) in [6, 6.07) is 2.11. The van der Waals surface area contributed by atoms with Crippen LogP contribution in [0.3, 0.4) is 0 Å². The summed E-state index contributed by atoms with van der Waals surface area (Å²) in [7, 11) is 0. The molecule has 0 bridgehead atoms. The number of anilines is 2. The van der Waals surface area contributed by atoms with E-state index < -0.39 is 11.7 Å². The van der Waals surface area contributed by atoms with Crippen LogP contribution in [-0.2, 0) is 0 Å². The number of hydrogen-bond donors (Lipinski definition) is 2. The van der Waals surface area contributed by atoms with Crippen molar-refractivity contribution in [2.45, 2.75) is 39.3 Å². The van der Waals surface area contributed by atoms with Gasteiger partial charge >= 0.3 is 0 Å². The number of hydrogen-bond acceptors (Lipinski definition) is 6. The van der Waals surface area contributed by atoms with Crippen LogP contribution < -0.4 is 15.5 Å². The summed E-state index contributed by atoms with van der Waals surface area (Å²) < 4.78 is 15.7. The molecule has 29 heavy (non-hydrogen) atoms. The molecule has 0 aliphatic carbocycles. The molecule has 1 fully saturated rings. The van der Waals surface area contributed by atoms with Crippen LogP contribution in [0.4, 0.5) is 15.9 Å². The third-order valence-electron chi connectivity index (χ3n) is 4.84. The lowest BCUT2D eigenvalue weighted by molar-refractivity contribution is 0.102. The summed E-state index contributed by atoms with van der Waals surface area (Å²) in [6.07, 6.45) is 7.41. The Hall–Kier alpha value is -3.07. The zero-order chi connectivity index (χ0) is 20.5. The van der Waals surface area contributed by atoms with Gasteiger partial charge in [0.15, 0.2) is 11.5 Å². The first-order valence-electron chi connectivity index (χ1n) is 9.68. The van der Waals surface area contributed by atoms with Crippen molar-refractivity contribution < 1.29 is 9.18 Å². The lowest BCUT2D eigenvalue weighted by Gasteiger charge is -2.19. The van der Waals surface area contributed by atoms with Crippen LogP contribution in [0.5, 0.6) is 0 Å². The number of amides is 1. The SMILES string of the molecule is Cc1cn2cc(NC(=O)c3cnc(N4CC[C@@H](NC(C)C)C4)cn3)cc(F)c2n1. The summed E-state index contributed by atoms with van der Waals surface area (Å²) in [5.74, 6) is -0.202. The third kappa shape index (κ3) is 4.19. The first kappa shape index (κ1) is 19.3. The molecule has 3 aromatic heterocycles. The molecular weight excluding hydrogens is 373 g/mol. The molecule has 2 N–H and O–H groups in total. The standard InChI is InChI=1S/C20H24FN7O/c1-12(2)24-14-4-5-27(10-14)18-8-22-17(7-23-18)20(29)26-15-6-16(21)19-25-13(3)9-28(19)11-15/h6-9,11-12,14,24H,4-5,10H2,1-3H3,(H,26,29)/t14-/m1/s1. The van der Waals surface area contributed by atoms with Crippen molar-refractivity contribution in [3.8, 4) is 0 Å². The van der Waals surface area contributed by atoms with E-state index in [-0.39, 0.29) is 11.3 Å². The predicted octanol–water partition coefficient (Wildman–Crippen LogP) is 2.40. The molecule has 0 saturated carbocycles. The molecule has 4 heterocycles. The van der Waals surface area contributed by atoms with Crippen molar-refractivity contribution in [2.75, 3.05) is 23.3 Å². The van der Waals surface area contributed by atoms with E-state index in [0.717, 1.165) is 25.3 Å². The van der Waals surface area contributed by atoms with Gasteiger partial charge in [0.1, 0.15) is 11.5 Å². The van der Waals surface area contributed by atoms with Crippen LogP contribution in [0.15, 0.2) is 30.9 Å². The molecule has 0 aromatic carbocycles. The first-order valence-corrected chi connectivity index (χ1v) is 9.68. The molecule has 0 spiro atoms.